The zero-order chi connectivity index (χ0) is 23.6. The molecular weight excluding hydrogens is 494 g/mol. The minimum Gasteiger partial charge on any atom is -0.493 e. The van der Waals surface area contributed by atoms with E-state index in [0.29, 0.717) is 38.8 Å². The summed E-state index contributed by atoms with van der Waals surface area (Å²) in [6.45, 7) is 9.98. The third-order valence-electron chi connectivity index (χ3n) is 4.95. The van der Waals surface area contributed by atoms with Crippen molar-refractivity contribution < 1.29 is 9.47 Å². The number of ether oxygens (including phenoxy) is 2. The Morgan fingerprint density at radius 2 is 2.00 bits per heavy atom. The molecule has 1 aromatic heterocycles. The third-order valence-corrected chi connectivity index (χ3v) is 5.72. The van der Waals surface area contributed by atoms with Gasteiger partial charge >= 0.3 is 0 Å². The summed E-state index contributed by atoms with van der Waals surface area (Å²) in [4.78, 5) is 18.0. The molecule has 32 heavy (non-hydrogen) atoms. The summed E-state index contributed by atoms with van der Waals surface area (Å²) in [5, 5.41) is 5.39. The zero-order valence-corrected chi connectivity index (χ0v) is 21.4. The van der Waals surface area contributed by atoms with Gasteiger partial charge in [0.1, 0.15) is 5.82 Å². The van der Waals surface area contributed by atoms with Crippen molar-refractivity contribution in [2.24, 2.45) is 5.10 Å². The first kappa shape index (κ1) is 24.3. The van der Waals surface area contributed by atoms with Gasteiger partial charge in [-0.2, -0.15) is 9.78 Å². The van der Waals surface area contributed by atoms with Crippen molar-refractivity contribution in [3.05, 3.63) is 61.6 Å². The van der Waals surface area contributed by atoms with Crippen LogP contribution in [0.5, 0.6) is 11.5 Å². The molecule has 1 heterocycles. The summed E-state index contributed by atoms with van der Waals surface area (Å²) in [7, 11) is 1.56. The van der Waals surface area contributed by atoms with E-state index in [2.05, 4.69) is 21.0 Å². The van der Waals surface area contributed by atoms with Gasteiger partial charge in [-0.05, 0) is 49.2 Å². The fraction of sp³-hybridized carbons (Fsp3) is 0.375. The van der Waals surface area contributed by atoms with E-state index in [1.165, 1.54) is 4.68 Å². The number of halogens is 2. The minimum absolute atomic E-state index is 0.00293. The Morgan fingerprint density at radius 1 is 1.28 bits per heavy atom. The number of nitrogens with zero attached hydrogens (tertiary/aromatic N) is 3. The van der Waals surface area contributed by atoms with Crippen LogP contribution in [0.25, 0.3) is 10.9 Å². The van der Waals surface area contributed by atoms with E-state index >= 15 is 0 Å². The molecule has 0 radical (unpaired) electrons. The lowest BCUT2D eigenvalue weighted by molar-refractivity contribution is 0.208. The first-order chi connectivity index (χ1) is 15.0. The van der Waals surface area contributed by atoms with Crippen LogP contribution in [0.4, 0.5) is 0 Å². The van der Waals surface area contributed by atoms with Gasteiger partial charge in [-0.3, -0.25) is 4.79 Å². The first-order valence-electron chi connectivity index (χ1n) is 10.4. The van der Waals surface area contributed by atoms with Gasteiger partial charge in [0.05, 0.1) is 35.4 Å². The molecule has 8 heteroatoms. The van der Waals surface area contributed by atoms with Crippen LogP contribution in [0.1, 0.15) is 52.4 Å². The van der Waals surface area contributed by atoms with E-state index in [0.717, 1.165) is 10.9 Å². The maximum absolute atomic E-state index is 13.3. The number of hydrogen-bond donors (Lipinski definition) is 0. The number of rotatable bonds is 6. The smallest absolute Gasteiger partial charge is 0.282 e. The van der Waals surface area contributed by atoms with Crippen molar-refractivity contribution in [1.29, 1.82) is 0 Å². The molecule has 1 atom stereocenters. The predicted octanol–water partition coefficient (Wildman–Crippen LogP) is 6.18. The summed E-state index contributed by atoms with van der Waals surface area (Å²) in [5.74, 6) is 1.55. The van der Waals surface area contributed by atoms with Gasteiger partial charge in [-0.1, -0.05) is 55.2 Å². The zero-order valence-electron chi connectivity index (χ0n) is 19.1. The van der Waals surface area contributed by atoms with Crippen molar-refractivity contribution >= 4 is 44.6 Å². The van der Waals surface area contributed by atoms with Crippen molar-refractivity contribution in [3.8, 4) is 11.5 Å². The van der Waals surface area contributed by atoms with Crippen LogP contribution in [-0.4, -0.2) is 29.1 Å². The Labute approximate surface area is 201 Å². The fourth-order valence-electron chi connectivity index (χ4n) is 3.08. The van der Waals surface area contributed by atoms with Crippen LogP contribution in [0.15, 0.2) is 44.7 Å². The molecule has 0 N–H and O–H groups in total. The van der Waals surface area contributed by atoms with Gasteiger partial charge in [0.2, 0.25) is 0 Å². The first-order valence-corrected chi connectivity index (χ1v) is 11.5. The highest BCUT2D eigenvalue weighted by Gasteiger charge is 2.23. The summed E-state index contributed by atoms with van der Waals surface area (Å²) >= 11 is 9.90. The molecule has 0 spiro atoms. The van der Waals surface area contributed by atoms with E-state index in [4.69, 9.17) is 26.1 Å². The Morgan fingerprint density at radius 3 is 2.62 bits per heavy atom. The highest BCUT2D eigenvalue weighted by Crippen LogP contribution is 2.37. The number of benzene rings is 2. The molecule has 0 aliphatic heterocycles. The molecule has 0 saturated carbocycles. The fourth-order valence-corrected chi connectivity index (χ4v) is 3.70. The Bertz CT molecular complexity index is 1230. The predicted molar refractivity (Wildman–Crippen MR) is 134 cm³/mol. The molecule has 0 unspecified atom stereocenters. The van der Waals surface area contributed by atoms with E-state index in [-0.39, 0.29) is 11.7 Å². The van der Waals surface area contributed by atoms with Gasteiger partial charge in [-0.15, -0.1) is 0 Å². The molecule has 2 aromatic carbocycles. The molecule has 0 saturated heterocycles. The van der Waals surface area contributed by atoms with Crippen LogP contribution < -0.4 is 15.0 Å². The van der Waals surface area contributed by atoms with Gasteiger partial charge < -0.3 is 9.47 Å². The van der Waals surface area contributed by atoms with Crippen LogP contribution in [0.3, 0.4) is 0 Å². The van der Waals surface area contributed by atoms with Gasteiger partial charge in [0, 0.05) is 9.89 Å². The van der Waals surface area contributed by atoms with Gasteiger partial charge in [0.15, 0.2) is 11.5 Å². The molecule has 6 nitrogen and oxygen atoms in total. The van der Waals surface area contributed by atoms with Crippen molar-refractivity contribution in [2.75, 3.05) is 7.11 Å². The summed E-state index contributed by atoms with van der Waals surface area (Å²) < 4.78 is 13.5. The minimum atomic E-state index is -0.402. The molecule has 170 valence electrons. The molecule has 3 aromatic rings. The summed E-state index contributed by atoms with van der Waals surface area (Å²) in [5.41, 5.74) is 0.656. The Kier molecular flexibility index (Phi) is 7.30. The lowest BCUT2D eigenvalue weighted by Gasteiger charge is -2.21. The normalized spacial score (nSPS) is 13.0. The molecule has 0 amide bonds. The summed E-state index contributed by atoms with van der Waals surface area (Å²) in [6.07, 6.45) is 2.41. The summed E-state index contributed by atoms with van der Waals surface area (Å²) in [6, 6.07) is 8.96. The lowest BCUT2D eigenvalue weighted by atomic mass is 9.95. The van der Waals surface area contributed by atoms with Crippen LogP contribution >= 0.6 is 27.5 Å². The average molecular weight is 521 g/mol. The van der Waals surface area contributed by atoms with Gasteiger partial charge in [0.25, 0.3) is 5.56 Å². The quantitative estimate of drug-likeness (QED) is 0.364. The topological polar surface area (TPSA) is 65.7 Å². The highest BCUT2D eigenvalue weighted by molar-refractivity contribution is 9.10. The second-order valence-electron chi connectivity index (χ2n) is 8.58. The van der Waals surface area contributed by atoms with E-state index in [1.54, 1.807) is 31.5 Å². The number of hydrogen-bond acceptors (Lipinski definition) is 5. The third kappa shape index (κ3) is 5.15. The molecule has 0 bridgehead atoms. The van der Waals surface area contributed by atoms with Crippen LogP contribution in [0.2, 0.25) is 5.02 Å². The SMILES string of the molecule is CC[C@H](C)Oc1c(Cl)cc(C=Nn2c(C(C)(C)C)nc3ccc(Br)cc3c2=O)cc1OC. The number of methoxy groups -OCH3 is 1. The maximum Gasteiger partial charge on any atom is 0.282 e. The van der Waals surface area contributed by atoms with Crippen LogP contribution in [0, 0.1) is 0 Å². The molecule has 3 rings (SSSR count). The molecular formula is C24H27BrClN3O3. The van der Waals surface area contributed by atoms with E-state index in [1.807, 2.05) is 46.8 Å². The second kappa shape index (κ2) is 9.63. The van der Waals surface area contributed by atoms with Crippen LogP contribution in [-0.2, 0) is 5.41 Å². The molecule has 0 fully saturated rings. The second-order valence-corrected chi connectivity index (χ2v) is 9.90. The largest absolute Gasteiger partial charge is 0.493 e. The number of fused-ring (bicyclic) bond motifs is 1. The monoisotopic (exact) mass is 519 g/mol. The number of aromatic nitrogens is 2. The molecule has 0 aliphatic carbocycles. The van der Waals surface area contributed by atoms with Gasteiger partial charge in [-0.25, -0.2) is 4.98 Å². The maximum atomic E-state index is 13.3. The standard InChI is InChI=1S/C24H27BrClN3O3/c1-7-14(2)32-21-18(26)10-15(11-20(21)31-6)13-27-29-22(30)17-12-16(25)8-9-19(17)28-23(29)24(3,4)5/h8-14H,7H2,1-6H3/t14-/m0/s1. The highest BCUT2D eigenvalue weighted by atomic mass is 79.9. The van der Waals surface area contributed by atoms with Crippen molar-refractivity contribution in [1.82, 2.24) is 9.66 Å². The molecule has 0 aliphatic rings. The van der Waals surface area contributed by atoms with E-state index in [9.17, 15) is 4.79 Å². The van der Waals surface area contributed by atoms with Crippen molar-refractivity contribution in [2.45, 2.75) is 52.6 Å². The Hall–Kier alpha value is -2.38. The van der Waals surface area contributed by atoms with Crippen molar-refractivity contribution in [3.63, 3.8) is 0 Å². The van der Waals surface area contributed by atoms with E-state index < -0.39 is 5.41 Å². The Balaban J connectivity index is 2.13. The average Bonchev–Trinajstić information content (AvgIpc) is 2.73. The lowest BCUT2D eigenvalue weighted by Crippen LogP contribution is -2.29.